The van der Waals surface area contributed by atoms with E-state index < -0.39 is 10.0 Å². The summed E-state index contributed by atoms with van der Waals surface area (Å²) in [5.74, 6) is -0.237. The second-order valence-electron chi connectivity index (χ2n) is 4.57. The van der Waals surface area contributed by atoms with Gasteiger partial charge in [-0.25, -0.2) is 13.1 Å². The van der Waals surface area contributed by atoms with Gasteiger partial charge in [-0.2, -0.15) is 0 Å². The summed E-state index contributed by atoms with van der Waals surface area (Å²) in [6, 6.07) is 4.59. The molecule has 118 valence electrons. The number of amides is 1. The van der Waals surface area contributed by atoms with Gasteiger partial charge >= 0.3 is 0 Å². The van der Waals surface area contributed by atoms with Crippen LogP contribution in [0.1, 0.15) is 12.0 Å². The Labute approximate surface area is 124 Å². The van der Waals surface area contributed by atoms with E-state index in [0.717, 1.165) is 5.56 Å². The number of benzene rings is 1. The van der Waals surface area contributed by atoms with Gasteiger partial charge in [-0.3, -0.25) is 4.79 Å². The third-order valence-electron chi connectivity index (χ3n) is 2.66. The monoisotopic (exact) mass is 315 g/mol. The van der Waals surface area contributed by atoms with Gasteiger partial charge < -0.3 is 15.8 Å². The average Bonchev–Trinajstić information content (AvgIpc) is 2.37. The number of hydrogen-bond donors (Lipinski definition) is 3. The zero-order chi connectivity index (χ0) is 15.9. The Hall–Kier alpha value is -1.64. The first-order chi connectivity index (χ1) is 9.85. The van der Waals surface area contributed by atoms with Gasteiger partial charge in [-0.15, -0.1) is 0 Å². The van der Waals surface area contributed by atoms with Gasteiger partial charge in [0.2, 0.25) is 15.9 Å². The Balaban J connectivity index is 2.52. The number of aryl methyl sites for hydroxylation is 1. The molecule has 7 nitrogen and oxygen atoms in total. The van der Waals surface area contributed by atoms with Crippen LogP contribution >= 0.6 is 0 Å². The molecule has 1 aromatic carbocycles. The van der Waals surface area contributed by atoms with Crippen molar-refractivity contribution in [1.29, 1.82) is 0 Å². The van der Waals surface area contributed by atoms with Crippen molar-refractivity contribution >= 4 is 21.6 Å². The lowest BCUT2D eigenvalue weighted by atomic mass is 10.2. The largest absolute Gasteiger partial charge is 0.399 e. The number of ether oxygens (including phenoxy) is 1. The van der Waals surface area contributed by atoms with Crippen molar-refractivity contribution in [2.45, 2.75) is 18.2 Å². The summed E-state index contributed by atoms with van der Waals surface area (Å²) in [6.45, 7) is 2.60. The maximum Gasteiger partial charge on any atom is 0.240 e. The minimum atomic E-state index is -3.66. The van der Waals surface area contributed by atoms with Gasteiger partial charge in [0.05, 0.1) is 11.5 Å². The maximum atomic E-state index is 12.1. The molecule has 0 saturated carbocycles. The van der Waals surface area contributed by atoms with E-state index in [4.69, 9.17) is 10.5 Å². The number of nitrogen functional groups attached to an aromatic ring is 1. The molecule has 0 spiro atoms. The Morgan fingerprint density at radius 1 is 1.29 bits per heavy atom. The standard InChI is InChI=1S/C13H21N3O4S/c1-10-7-11(14)9-12(8-10)21(18,19)16-4-3-13(17)15-5-6-20-2/h7-9,16H,3-6,14H2,1-2H3,(H,15,17). The smallest absolute Gasteiger partial charge is 0.240 e. The molecule has 0 saturated heterocycles. The molecule has 0 atom stereocenters. The number of rotatable bonds is 8. The first-order valence-electron chi connectivity index (χ1n) is 6.47. The fraction of sp³-hybridized carbons (Fsp3) is 0.462. The Morgan fingerprint density at radius 3 is 2.62 bits per heavy atom. The van der Waals surface area contributed by atoms with Crippen molar-refractivity contribution in [3.63, 3.8) is 0 Å². The molecule has 21 heavy (non-hydrogen) atoms. The van der Waals surface area contributed by atoms with Crippen LogP contribution in [0.3, 0.4) is 0 Å². The third-order valence-corrected chi connectivity index (χ3v) is 4.10. The lowest BCUT2D eigenvalue weighted by Gasteiger charge is -2.09. The van der Waals surface area contributed by atoms with Crippen molar-refractivity contribution in [2.75, 3.05) is 32.5 Å². The van der Waals surface area contributed by atoms with Crippen molar-refractivity contribution in [3.8, 4) is 0 Å². The molecule has 4 N–H and O–H groups in total. The molecule has 0 unspecified atom stereocenters. The zero-order valence-corrected chi connectivity index (χ0v) is 13.0. The molecule has 1 amide bonds. The molecule has 0 fully saturated rings. The Morgan fingerprint density at radius 2 is 2.00 bits per heavy atom. The van der Waals surface area contributed by atoms with Gasteiger partial charge in [0.1, 0.15) is 0 Å². The number of sulfonamides is 1. The molecule has 0 heterocycles. The van der Waals surface area contributed by atoms with E-state index >= 15 is 0 Å². The molecule has 8 heteroatoms. The van der Waals surface area contributed by atoms with E-state index in [2.05, 4.69) is 10.0 Å². The lowest BCUT2D eigenvalue weighted by molar-refractivity contribution is -0.121. The van der Waals surface area contributed by atoms with Crippen molar-refractivity contribution in [3.05, 3.63) is 23.8 Å². The minimum Gasteiger partial charge on any atom is -0.399 e. The van der Waals surface area contributed by atoms with Gasteiger partial charge in [0.25, 0.3) is 0 Å². The number of hydrogen-bond acceptors (Lipinski definition) is 5. The molecule has 0 radical (unpaired) electrons. The minimum absolute atomic E-state index is 0.0228. The second-order valence-corrected chi connectivity index (χ2v) is 6.34. The van der Waals surface area contributed by atoms with E-state index in [9.17, 15) is 13.2 Å². The number of methoxy groups -OCH3 is 1. The average molecular weight is 315 g/mol. The molecular weight excluding hydrogens is 294 g/mol. The van der Waals surface area contributed by atoms with Crippen LogP contribution in [0.4, 0.5) is 5.69 Å². The number of carbonyl (C=O) groups is 1. The van der Waals surface area contributed by atoms with Crippen LogP contribution in [-0.2, 0) is 19.6 Å². The SMILES string of the molecule is COCCNC(=O)CCNS(=O)(=O)c1cc(C)cc(N)c1. The van der Waals surface area contributed by atoms with Crippen molar-refractivity contribution in [2.24, 2.45) is 0 Å². The first kappa shape index (κ1) is 17.4. The summed E-state index contributed by atoms with van der Waals surface area (Å²) in [6.07, 6.45) is 0.0598. The van der Waals surface area contributed by atoms with Crippen molar-refractivity contribution < 1.29 is 17.9 Å². The van der Waals surface area contributed by atoms with Crippen LogP contribution in [0.15, 0.2) is 23.1 Å². The molecule has 0 aliphatic heterocycles. The van der Waals surface area contributed by atoms with Gasteiger partial charge in [0, 0.05) is 32.3 Å². The highest BCUT2D eigenvalue weighted by atomic mass is 32.2. The summed E-state index contributed by atoms with van der Waals surface area (Å²) in [5, 5.41) is 2.61. The van der Waals surface area contributed by atoms with E-state index in [-0.39, 0.29) is 23.8 Å². The quantitative estimate of drug-likeness (QED) is 0.462. The van der Waals surface area contributed by atoms with Crippen LogP contribution in [-0.4, -0.2) is 41.1 Å². The molecule has 1 rings (SSSR count). The third kappa shape index (κ3) is 6.11. The van der Waals surface area contributed by atoms with Crippen LogP contribution in [0, 0.1) is 6.92 Å². The van der Waals surface area contributed by atoms with Crippen molar-refractivity contribution in [1.82, 2.24) is 10.0 Å². The Kier molecular flexibility index (Phi) is 6.60. The summed E-state index contributed by atoms with van der Waals surface area (Å²) in [7, 11) is -2.13. The lowest BCUT2D eigenvalue weighted by Crippen LogP contribution is -2.32. The molecule has 0 aliphatic rings. The highest BCUT2D eigenvalue weighted by Gasteiger charge is 2.15. The highest BCUT2D eigenvalue weighted by molar-refractivity contribution is 7.89. The maximum absolute atomic E-state index is 12.1. The fourth-order valence-electron chi connectivity index (χ4n) is 1.69. The first-order valence-corrected chi connectivity index (χ1v) is 7.96. The summed E-state index contributed by atoms with van der Waals surface area (Å²) in [5.41, 5.74) is 6.77. The predicted molar refractivity (Wildman–Crippen MR) is 80.3 cm³/mol. The van der Waals surface area contributed by atoms with E-state index in [1.54, 1.807) is 13.0 Å². The van der Waals surface area contributed by atoms with Gasteiger partial charge in [0.15, 0.2) is 0 Å². The van der Waals surface area contributed by atoms with E-state index in [1.807, 2.05) is 0 Å². The normalized spacial score (nSPS) is 11.3. The van der Waals surface area contributed by atoms with Gasteiger partial charge in [-0.05, 0) is 30.7 Å². The molecule has 0 aliphatic carbocycles. The second kappa shape index (κ2) is 7.96. The fourth-order valence-corrected chi connectivity index (χ4v) is 2.86. The van der Waals surface area contributed by atoms with Gasteiger partial charge in [-0.1, -0.05) is 0 Å². The molecule has 0 aromatic heterocycles. The number of carbonyl (C=O) groups excluding carboxylic acids is 1. The highest BCUT2D eigenvalue weighted by Crippen LogP contribution is 2.15. The molecular formula is C13H21N3O4S. The Bertz CT molecular complexity index is 567. The van der Waals surface area contributed by atoms with Crippen LogP contribution in [0.2, 0.25) is 0 Å². The zero-order valence-electron chi connectivity index (χ0n) is 12.2. The predicted octanol–water partition coefficient (Wildman–Crippen LogP) is 0.00822. The summed E-state index contributed by atoms with van der Waals surface area (Å²) in [4.78, 5) is 11.5. The number of nitrogens with two attached hydrogens (primary N) is 1. The number of anilines is 1. The van der Waals surface area contributed by atoms with Crippen LogP contribution < -0.4 is 15.8 Å². The van der Waals surface area contributed by atoms with E-state index in [1.165, 1.54) is 19.2 Å². The number of nitrogens with one attached hydrogen (secondary N) is 2. The summed E-state index contributed by atoms with van der Waals surface area (Å²) >= 11 is 0. The summed E-state index contributed by atoms with van der Waals surface area (Å²) < 4.78 is 31.3. The van der Waals surface area contributed by atoms with E-state index in [0.29, 0.717) is 18.8 Å². The topological polar surface area (TPSA) is 111 Å². The molecule has 0 bridgehead atoms. The van der Waals surface area contributed by atoms with Crippen LogP contribution in [0.25, 0.3) is 0 Å². The van der Waals surface area contributed by atoms with Crippen LogP contribution in [0.5, 0.6) is 0 Å². The molecule has 1 aromatic rings.